The van der Waals surface area contributed by atoms with Crippen molar-refractivity contribution in [2.24, 2.45) is 0 Å². The summed E-state index contributed by atoms with van der Waals surface area (Å²) < 4.78 is 5.18. The van der Waals surface area contributed by atoms with Gasteiger partial charge in [0.1, 0.15) is 5.60 Å². The highest BCUT2D eigenvalue weighted by atomic mass is 35.5. The molecule has 3 N–H and O–H groups in total. The van der Waals surface area contributed by atoms with Crippen LogP contribution in [0.1, 0.15) is 48.7 Å². The number of hydrogen-bond acceptors (Lipinski definition) is 4. The van der Waals surface area contributed by atoms with Crippen LogP contribution in [-0.2, 0) is 11.2 Å². The third-order valence-electron chi connectivity index (χ3n) is 3.79. The zero-order valence-corrected chi connectivity index (χ0v) is 16.6. The first-order chi connectivity index (χ1) is 12.7. The van der Waals surface area contributed by atoms with E-state index in [2.05, 4.69) is 5.32 Å². The van der Waals surface area contributed by atoms with Crippen molar-refractivity contribution >= 4 is 29.2 Å². The summed E-state index contributed by atoms with van der Waals surface area (Å²) in [4.78, 5) is 24.2. The first-order valence-corrected chi connectivity index (χ1v) is 9.19. The van der Waals surface area contributed by atoms with Gasteiger partial charge in [0.2, 0.25) is 0 Å². The molecule has 0 radical (unpaired) electrons. The molecule has 0 saturated heterocycles. The maximum Gasteiger partial charge on any atom is 0.407 e. The minimum absolute atomic E-state index is 0.159. The number of nitrogen functional groups attached to an aromatic ring is 1. The van der Waals surface area contributed by atoms with Crippen LogP contribution in [0.25, 0.3) is 0 Å². The fourth-order valence-corrected chi connectivity index (χ4v) is 2.81. The van der Waals surface area contributed by atoms with E-state index >= 15 is 0 Å². The predicted octanol–water partition coefficient (Wildman–Crippen LogP) is 4.61. The van der Waals surface area contributed by atoms with Crippen LogP contribution in [0.2, 0.25) is 5.02 Å². The van der Waals surface area contributed by atoms with Crippen molar-refractivity contribution in [3.05, 3.63) is 64.2 Å². The lowest BCUT2D eigenvalue weighted by molar-refractivity contribution is 0.0527. The van der Waals surface area contributed by atoms with Gasteiger partial charge in [-0.1, -0.05) is 41.9 Å². The van der Waals surface area contributed by atoms with Crippen molar-refractivity contribution in [1.29, 1.82) is 0 Å². The molecule has 0 spiro atoms. The highest BCUT2D eigenvalue weighted by molar-refractivity contribution is 6.32. The number of alkyl carbamates (subject to hydrolysis) is 1. The van der Waals surface area contributed by atoms with Gasteiger partial charge in [-0.2, -0.15) is 0 Å². The predicted molar refractivity (Wildman–Crippen MR) is 108 cm³/mol. The Labute approximate surface area is 164 Å². The molecular weight excluding hydrogens is 364 g/mol. The van der Waals surface area contributed by atoms with Crippen LogP contribution in [0.15, 0.2) is 42.5 Å². The van der Waals surface area contributed by atoms with Crippen molar-refractivity contribution in [2.75, 3.05) is 12.3 Å². The number of aryl methyl sites for hydroxylation is 1. The Balaban J connectivity index is 1.97. The summed E-state index contributed by atoms with van der Waals surface area (Å²) in [7, 11) is 0. The molecule has 0 aliphatic heterocycles. The van der Waals surface area contributed by atoms with Gasteiger partial charge < -0.3 is 15.8 Å². The quantitative estimate of drug-likeness (QED) is 0.430. The first-order valence-electron chi connectivity index (χ1n) is 8.82. The Morgan fingerprint density at radius 1 is 1.15 bits per heavy atom. The van der Waals surface area contributed by atoms with Crippen LogP contribution in [0.5, 0.6) is 0 Å². The molecule has 0 aliphatic rings. The minimum Gasteiger partial charge on any atom is -0.444 e. The summed E-state index contributed by atoms with van der Waals surface area (Å²) in [5.41, 5.74) is 7.74. The zero-order chi connectivity index (χ0) is 20.0. The van der Waals surface area contributed by atoms with Gasteiger partial charge in [-0.05, 0) is 51.3 Å². The summed E-state index contributed by atoms with van der Waals surface area (Å²) in [6, 6.07) is 12.3. The molecule has 0 atom stereocenters. The Morgan fingerprint density at radius 2 is 1.81 bits per heavy atom. The second-order valence-corrected chi connectivity index (χ2v) is 7.67. The summed E-state index contributed by atoms with van der Waals surface area (Å²) in [6.07, 6.45) is 0.847. The molecule has 0 saturated carbocycles. The van der Waals surface area contributed by atoms with Gasteiger partial charge in [-0.15, -0.1) is 0 Å². The van der Waals surface area contributed by atoms with Crippen LogP contribution in [-0.4, -0.2) is 24.0 Å². The second-order valence-electron chi connectivity index (χ2n) is 7.26. The summed E-state index contributed by atoms with van der Waals surface area (Å²) in [5, 5.41) is 3.19. The lowest BCUT2D eigenvalue weighted by Crippen LogP contribution is -2.33. The number of nitrogens with two attached hydrogens (primary N) is 1. The Kier molecular flexibility index (Phi) is 6.86. The van der Waals surface area contributed by atoms with Gasteiger partial charge in [-0.25, -0.2) is 4.79 Å². The van der Waals surface area contributed by atoms with E-state index in [-0.39, 0.29) is 5.78 Å². The van der Waals surface area contributed by atoms with Crippen molar-refractivity contribution in [3.63, 3.8) is 0 Å². The lowest BCUT2D eigenvalue weighted by Gasteiger charge is -2.19. The Hall–Kier alpha value is -2.53. The van der Waals surface area contributed by atoms with E-state index in [0.29, 0.717) is 41.2 Å². The number of carbonyl (C=O) groups is 2. The molecule has 5 nitrogen and oxygen atoms in total. The topological polar surface area (TPSA) is 81.4 Å². The van der Waals surface area contributed by atoms with Gasteiger partial charge in [-0.3, -0.25) is 4.79 Å². The number of amides is 1. The fourth-order valence-electron chi connectivity index (χ4n) is 2.55. The van der Waals surface area contributed by atoms with Gasteiger partial charge in [0.25, 0.3) is 0 Å². The largest absolute Gasteiger partial charge is 0.444 e. The zero-order valence-electron chi connectivity index (χ0n) is 15.8. The van der Waals surface area contributed by atoms with E-state index in [9.17, 15) is 9.59 Å². The molecule has 0 aliphatic carbocycles. The van der Waals surface area contributed by atoms with Crippen molar-refractivity contribution in [3.8, 4) is 0 Å². The molecule has 2 rings (SSSR count). The molecule has 0 bridgehead atoms. The summed E-state index contributed by atoms with van der Waals surface area (Å²) in [6.45, 7) is 5.89. The molecule has 27 heavy (non-hydrogen) atoms. The first kappa shape index (κ1) is 20.8. The highest BCUT2D eigenvalue weighted by Crippen LogP contribution is 2.26. The van der Waals surface area contributed by atoms with Gasteiger partial charge >= 0.3 is 6.09 Å². The fraction of sp³-hybridized carbons (Fsp3) is 0.333. The van der Waals surface area contributed by atoms with Crippen molar-refractivity contribution in [1.82, 2.24) is 5.32 Å². The van der Waals surface area contributed by atoms with E-state index in [4.69, 9.17) is 22.1 Å². The number of rotatable bonds is 6. The molecule has 144 valence electrons. The number of ketones is 1. The smallest absolute Gasteiger partial charge is 0.407 e. The van der Waals surface area contributed by atoms with Gasteiger partial charge in [0, 0.05) is 28.4 Å². The third kappa shape index (κ3) is 6.29. The van der Waals surface area contributed by atoms with Crippen LogP contribution < -0.4 is 11.1 Å². The number of halogens is 1. The minimum atomic E-state index is -0.525. The molecule has 2 aromatic rings. The highest BCUT2D eigenvalue weighted by Gasteiger charge is 2.17. The van der Waals surface area contributed by atoms with Crippen LogP contribution in [0, 0.1) is 0 Å². The van der Waals surface area contributed by atoms with E-state index in [1.807, 2.05) is 26.8 Å². The molecule has 2 aromatic carbocycles. The SMILES string of the molecule is CC(C)(C)OC(=O)NCCCc1cc(N)c(C(=O)c2ccccc2)cc1Cl. The van der Waals surface area contributed by atoms with Crippen molar-refractivity contribution in [2.45, 2.75) is 39.2 Å². The number of benzene rings is 2. The van der Waals surface area contributed by atoms with Crippen LogP contribution in [0.3, 0.4) is 0 Å². The maximum absolute atomic E-state index is 12.6. The number of carbonyl (C=O) groups excluding carboxylic acids is 2. The average molecular weight is 389 g/mol. The normalized spacial score (nSPS) is 11.1. The van der Waals surface area contributed by atoms with Gasteiger partial charge in [0.05, 0.1) is 0 Å². The lowest BCUT2D eigenvalue weighted by atomic mass is 9.98. The van der Waals surface area contributed by atoms with E-state index in [1.165, 1.54) is 0 Å². The molecule has 0 fully saturated rings. The molecule has 0 heterocycles. The monoisotopic (exact) mass is 388 g/mol. The Bertz CT molecular complexity index is 814. The molecule has 6 heteroatoms. The molecule has 0 unspecified atom stereocenters. The Morgan fingerprint density at radius 3 is 2.44 bits per heavy atom. The van der Waals surface area contributed by atoms with Crippen LogP contribution in [0.4, 0.5) is 10.5 Å². The molecule has 0 aromatic heterocycles. The third-order valence-corrected chi connectivity index (χ3v) is 4.14. The summed E-state index contributed by atoms with van der Waals surface area (Å²) in [5.74, 6) is -0.159. The summed E-state index contributed by atoms with van der Waals surface area (Å²) >= 11 is 6.34. The van der Waals surface area contributed by atoms with Gasteiger partial charge in [0.15, 0.2) is 5.78 Å². The molecular formula is C21H25ClN2O3. The van der Waals surface area contributed by atoms with E-state index < -0.39 is 11.7 Å². The number of nitrogens with one attached hydrogen (secondary N) is 1. The van der Waals surface area contributed by atoms with E-state index in [0.717, 1.165) is 5.56 Å². The second kappa shape index (κ2) is 8.91. The number of ether oxygens (including phenoxy) is 1. The molecule has 1 amide bonds. The average Bonchev–Trinajstić information content (AvgIpc) is 2.60. The maximum atomic E-state index is 12.6. The number of anilines is 1. The standard InChI is InChI=1S/C21H25ClN2O3/c1-21(2,3)27-20(26)24-11-7-10-15-12-18(23)16(13-17(15)22)19(25)14-8-5-4-6-9-14/h4-6,8-9,12-13H,7,10-11,23H2,1-3H3,(H,24,26). The van der Waals surface area contributed by atoms with Crippen LogP contribution >= 0.6 is 11.6 Å². The van der Waals surface area contributed by atoms with Crippen molar-refractivity contribution < 1.29 is 14.3 Å². The number of hydrogen-bond donors (Lipinski definition) is 2. The van der Waals surface area contributed by atoms with E-state index in [1.54, 1.807) is 36.4 Å².